The molecule has 0 N–H and O–H groups in total. The average molecular weight is 286 g/mol. The van der Waals surface area contributed by atoms with Crippen molar-refractivity contribution in [2.45, 2.75) is 0 Å². The number of hydrogen-bond acceptors (Lipinski definition) is 2. The maximum absolute atomic E-state index is 4.82. The van der Waals surface area contributed by atoms with Gasteiger partial charge >= 0.3 is 53.0 Å². The first-order valence-electron chi connectivity index (χ1n) is 1.72. The molecule has 38 valence electrons. The molecule has 0 aromatic carbocycles. The van der Waals surface area contributed by atoms with E-state index < -0.39 is 0 Å². The van der Waals surface area contributed by atoms with Crippen LogP contribution in [-0.4, -0.2) is 45.5 Å². The number of ether oxygens (including phenoxy) is 1. The van der Waals surface area contributed by atoms with Crippen LogP contribution >= 0.6 is 0 Å². The first-order chi connectivity index (χ1) is 2.91. The summed E-state index contributed by atoms with van der Waals surface area (Å²) in [4.78, 5) is 0. The van der Waals surface area contributed by atoms with Gasteiger partial charge in [-0.1, -0.05) is 0 Å². The molecule has 0 bridgehead atoms. The molecule has 3 heteroatoms. The summed E-state index contributed by atoms with van der Waals surface area (Å²) in [6.07, 6.45) is 0. The molecule has 0 amide bonds. The molecule has 0 saturated heterocycles. The van der Waals surface area contributed by atoms with Crippen LogP contribution in [0, 0.1) is 0 Å². The van der Waals surface area contributed by atoms with E-state index in [1.807, 2.05) is 0 Å². The Kier molecular flexibility index (Phi) is 6.58. The predicted octanol–water partition coefficient (Wildman–Crippen LogP) is -0.802. The van der Waals surface area contributed by atoms with Gasteiger partial charge in [0.15, 0.2) is 0 Å². The summed E-state index contributed by atoms with van der Waals surface area (Å²) >= 11 is 0.658. The predicted molar refractivity (Wildman–Crippen MR) is 26.4 cm³/mol. The first-order valence-corrected chi connectivity index (χ1v) is 3.55. The number of rotatable bonds is 3. The fourth-order valence-electron chi connectivity index (χ4n) is 0.131. The Morgan fingerprint density at radius 2 is 2.17 bits per heavy atom. The van der Waals surface area contributed by atoms with E-state index in [2.05, 4.69) is 4.74 Å². The summed E-state index contributed by atoms with van der Waals surface area (Å²) < 4.78 is 9.51. The number of methoxy groups -OCH3 is 1. The minimum atomic E-state index is 0.658. The second-order valence-electron chi connectivity index (χ2n) is 0.864. The van der Waals surface area contributed by atoms with E-state index >= 15 is 0 Å². The standard InChI is InChI=1S/C3H7O2.Bi.2H/c1-5-3-2-4;;;/h2-3H2,1H3;;;/q-1;+1;;. The van der Waals surface area contributed by atoms with Gasteiger partial charge in [0.2, 0.25) is 0 Å². The molecule has 2 nitrogen and oxygen atoms in total. The third kappa shape index (κ3) is 4.80. The Morgan fingerprint density at radius 3 is 2.33 bits per heavy atom. The zero-order valence-corrected chi connectivity index (χ0v) is 8.30. The van der Waals surface area contributed by atoms with Crippen molar-refractivity contribution in [1.82, 2.24) is 0 Å². The van der Waals surface area contributed by atoms with Gasteiger partial charge < -0.3 is 0 Å². The van der Waals surface area contributed by atoms with Crippen LogP contribution < -0.4 is 0 Å². The molecule has 0 fully saturated rings. The molecule has 0 radical (unpaired) electrons. The SMILES string of the molecule is COCC[O][BiH2]. The van der Waals surface area contributed by atoms with Crippen molar-refractivity contribution in [3.05, 3.63) is 0 Å². The molecular weight excluding hydrogens is 277 g/mol. The molecular formula is C3H9BiO2. The van der Waals surface area contributed by atoms with Gasteiger partial charge in [0.1, 0.15) is 0 Å². The van der Waals surface area contributed by atoms with Crippen molar-refractivity contribution in [1.29, 1.82) is 0 Å². The van der Waals surface area contributed by atoms with E-state index in [9.17, 15) is 0 Å². The molecule has 0 spiro atoms. The zero-order chi connectivity index (χ0) is 4.83. The summed E-state index contributed by atoms with van der Waals surface area (Å²) in [6.45, 7) is 1.50. The van der Waals surface area contributed by atoms with Crippen LogP contribution in [0.2, 0.25) is 0 Å². The third-order valence-corrected chi connectivity index (χ3v) is 1.32. The van der Waals surface area contributed by atoms with E-state index in [0.717, 1.165) is 13.2 Å². The van der Waals surface area contributed by atoms with Crippen LogP contribution in [0.5, 0.6) is 0 Å². The van der Waals surface area contributed by atoms with Crippen molar-refractivity contribution in [2.75, 3.05) is 20.3 Å². The van der Waals surface area contributed by atoms with Gasteiger partial charge in [0.05, 0.1) is 0 Å². The van der Waals surface area contributed by atoms with Gasteiger partial charge in [-0.3, -0.25) is 0 Å². The van der Waals surface area contributed by atoms with E-state index in [-0.39, 0.29) is 0 Å². The number of hydrogen-bond donors (Lipinski definition) is 0. The maximum atomic E-state index is 4.82. The van der Waals surface area contributed by atoms with Crippen molar-refractivity contribution in [3.63, 3.8) is 0 Å². The van der Waals surface area contributed by atoms with Crippen LogP contribution in [0.15, 0.2) is 0 Å². The van der Waals surface area contributed by atoms with E-state index in [4.69, 9.17) is 2.81 Å². The van der Waals surface area contributed by atoms with Crippen LogP contribution in [0.1, 0.15) is 0 Å². The topological polar surface area (TPSA) is 18.5 Å². The van der Waals surface area contributed by atoms with E-state index in [1.54, 1.807) is 7.11 Å². The summed E-state index contributed by atoms with van der Waals surface area (Å²) in [5.41, 5.74) is 0. The third-order valence-electron chi connectivity index (χ3n) is 0.405. The summed E-state index contributed by atoms with van der Waals surface area (Å²) in [5.74, 6) is 0. The summed E-state index contributed by atoms with van der Waals surface area (Å²) in [6, 6.07) is 0. The Morgan fingerprint density at radius 1 is 1.50 bits per heavy atom. The fraction of sp³-hybridized carbons (Fsp3) is 1.00. The zero-order valence-electron chi connectivity index (χ0n) is 3.81. The average Bonchev–Trinajstić information content (AvgIpc) is 1.61. The Balaban J connectivity index is 2.34. The van der Waals surface area contributed by atoms with Gasteiger partial charge in [-0.15, -0.1) is 0 Å². The normalized spacial score (nSPS) is 9.00. The Labute approximate surface area is 53.3 Å². The second-order valence-corrected chi connectivity index (χ2v) is 2.16. The molecule has 0 aliphatic heterocycles. The molecule has 0 aliphatic carbocycles. The molecule has 0 rings (SSSR count). The van der Waals surface area contributed by atoms with Crippen molar-refractivity contribution < 1.29 is 7.55 Å². The molecule has 0 heterocycles. The molecule has 0 unspecified atom stereocenters. The van der Waals surface area contributed by atoms with Crippen molar-refractivity contribution in [3.8, 4) is 0 Å². The Bertz CT molecular complexity index is 20.8. The molecule has 0 aromatic rings. The van der Waals surface area contributed by atoms with Crippen molar-refractivity contribution >= 4 is 25.2 Å². The van der Waals surface area contributed by atoms with Gasteiger partial charge in [0, 0.05) is 0 Å². The van der Waals surface area contributed by atoms with Gasteiger partial charge in [-0.2, -0.15) is 0 Å². The first kappa shape index (κ1) is 6.80. The van der Waals surface area contributed by atoms with Crippen LogP contribution in [0.25, 0.3) is 0 Å². The van der Waals surface area contributed by atoms with Crippen LogP contribution in [-0.2, 0) is 7.55 Å². The van der Waals surface area contributed by atoms with Crippen LogP contribution in [0.4, 0.5) is 0 Å². The quantitative estimate of drug-likeness (QED) is 0.499. The second kappa shape index (κ2) is 5.80. The molecule has 0 aromatic heterocycles. The van der Waals surface area contributed by atoms with Gasteiger partial charge in [0.25, 0.3) is 0 Å². The Hall–Kier alpha value is 0.803. The summed E-state index contributed by atoms with van der Waals surface area (Å²) in [7, 11) is 1.67. The monoisotopic (exact) mass is 286 g/mol. The minimum absolute atomic E-state index is 0.658. The molecule has 0 aliphatic rings. The van der Waals surface area contributed by atoms with Crippen LogP contribution in [0.3, 0.4) is 0 Å². The summed E-state index contributed by atoms with van der Waals surface area (Å²) in [5, 5.41) is 0. The van der Waals surface area contributed by atoms with Gasteiger partial charge in [-0.05, 0) is 0 Å². The van der Waals surface area contributed by atoms with Gasteiger partial charge in [-0.25, -0.2) is 0 Å². The van der Waals surface area contributed by atoms with Crippen molar-refractivity contribution in [2.24, 2.45) is 0 Å². The van der Waals surface area contributed by atoms with E-state index in [0.29, 0.717) is 25.2 Å². The van der Waals surface area contributed by atoms with E-state index in [1.165, 1.54) is 0 Å². The molecule has 6 heavy (non-hydrogen) atoms. The molecule has 0 atom stereocenters. The fourth-order valence-corrected chi connectivity index (χ4v) is 0.506. The molecule has 0 saturated carbocycles.